The Morgan fingerprint density at radius 2 is 1.96 bits per heavy atom. The summed E-state index contributed by atoms with van der Waals surface area (Å²) in [5.41, 5.74) is 4.50. The second kappa shape index (κ2) is 6.59. The quantitative estimate of drug-likeness (QED) is 0.738. The maximum absolute atomic E-state index is 13.9. The molecule has 130 valence electrons. The van der Waals surface area contributed by atoms with Gasteiger partial charge in [-0.1, -0.05) is 6.07 Å². The number of carbonyl (C=O) groups is 1. The first-order valence-corrected chi connectivity index (χ1v) is 8.14. The first kappa shape index (κ1) is 17.0. The minimum Gasteiger partial charge on any atom is -0.494 e. The summed E-state index contributed by atoms with van der Waals surface area (Å²) in [5.74, 6) is -0.448. The van der Waals surface area contributed by atoms with Crippen LogP contribution in [0.5, 0.6) is 5.75 Å². The van der Waals surface area contributed by atoms with Crippen molar-refractivity contribution in [3.8, 4) is 5.75 Å². The van der Waals surface area contributed by atoms with E-state index in [1.807, 2.05) is 32.9 Å². The highest BCUT2D eigenvalue weighted by Crippen LogP contribution is 2.24. The number of rotatable bonds is 4. The predicted molar refractivity (Wildman–Crippen MR) is 96.6 cm³/mol. The lowest BCUT2D eigenvalue weighted by Gasteiger charge is -2.15. The van der Waals surface area contributed by atoms with Crippen molar-refractivity contribution >= 4 is 16.8 Å². The maximum atomic E-state index is 13.9. The number of aromatic amines is 1. The number of ether oxygens (including phenoxy) is 1. The number of benzene rings is 2. The van der Waals surface area contributed by atoms with E-state index in [1.165, 1.54) is 13.2 Å². The Labute approximate surface area is 146 Å². The van der Waals surface area contributed by atoms with Crippen LogP contribution in [0.4, 0.5) is 4.39 Å². The fourth-order valence-electron chi connectivity index (χ4n) is 2.92. The molecule has 1 unspecified atom stereocenters. The Kier molecular flexibility index (Phi) is 4.49. The molecule has 4 nitrogen and oxygen atoms in total. The summed E-state index contributed by atoms with van der Waals surface area (Å²) in [4.78, 5) is 15.8. The minimum atomic E-state index is -0.444. The smallest absolute Gasteiger partial charge is 0.251 e. The van der Waals surface area contributed by atoms with Crippen LogP contribution in [-0.2, 0) is 0 Å². The molecule has 0 aliphatic heterocycles. The van der Waals surface area contributed by atoms with Crippen molar-refractivity contribution in [2.45, 2.75) is 26.8 Å². The third kappa shape index (κ3) is 3.22. The Morgan fingerprint density at radius 1 is 1.20 bits per heavy atom. The van der Waals surface area contributed by atoms with Crippen LogP contribution < -0.4 is 10.1 Å². The molecule has 0 saturated heterocycles. The molecule has 1 aromatic heterocycles. The van der Waals surface area contributed by atoms with Crippen molar-refractivity contribution < 1.29 is 13.9 Å². The van der Waals surface area contributed by atoms with E-state index in [0.717, 1.165) is 22.2 Å². The third-order valence-electron chi connectivity index (χ3n) is 4.59. The van der Waals surface area contributed by atoms with Crippen molar-refractivity contribution in [1.29, 1.82) is 0 Å². The fraction of sp³-hybridized carbons (Fsp3) is 0.250. The number of hydrogen-bond acceptors (Lipinski definition) is 2. The third-order valence-corrected chi connectivity index (χ3v) is 4.59. The fourth-order valence-corrected chi connectivity index (χ4v) is 2.92. The van der Waals surface area contributed by atoms with E-state index in [1.54, 1.807) is 18.2 Å². The van der Waals surface area contributed by atoms with Gasteiger partial charge < -0.3 is 15.0 Å². The van der Waals surface area contributed by atoms with E-state index in [4.69, 9.17) is 4.74 Å². The van der Waals surface area contributed by atoms with Gasteiger partial charge in [0, 0.05) is 22.2 Å². The molecule has 0 saturated carbocycles. The number of H-pyrrole nitrogens is 1. The van der Waals surface area contributed by atoms with Gasteiger partial charge >= 0.3 is 0 Å². The van der Waals surface area contributed by atoms with Gasteiger partial charge in [0.05, 0.1) is 13.2 Å². The first-order chi connectivity index (χ1) is 11.9. The molecule has 0 radical (unpaired) electrons. The van der Waals surface area contributed by atoms with Gasteiger partial charge in [0.2, 0.25) is 0 Å². The monoisotopic (exact) mass is 340 g/mol. The molecular formula is C20H21FN2O2. The summed E-state index contributed by atoms with van der Waals surface area (Å²) < 4.78 is 18.8. The molecule has 1 atom stereocenters. The number of hydrogen-bond donors (Lipinski definition) is 2. The SMILES string of the molecule is COc1ccc(C(C)NC(=O)c2ccc3[nH]c(C)c(C)c3c2)cc1F. The Bertz CT molecular complexity index is 946. The van der Waals surface area contributed by atoms with Crippen LogP contribution in [0.15, 0.2) is 36.4 Å². The number of aryl methyl sites for hydroxylation is 2. The van der Waals surface area contributed by atoms with Gasteiger partial charge in [0.25, 0.3) is 5.91 Å². The summed E-state index contributed by atoms with van der Waals surface area (Å²) in [6.45, 7) is 5.86. The van der Waals surface area contributed by atoms with E-state index in [-0.39, 0.29) is 17.7 Å². The second-order valence-electron chi connectivity index (χ2n) is 6.22. The number of aromatic nitrogens is 1. The molecule has 1 amide bonds. The lowest BCUT2D eigenvalue weighted by atomic mass is 10.1. The average Bonchev–Trinajstić information content (AvgIpc) is 2.88. The highest BCUT2D eigenvalue weighted by atomic mass is 19.1. The number of methoxy groups -OCH3 is 1. The van der Waals surface area contributed by atoms with E-state index in [9.17, 15) is 9.18 Å². The van der Waals surface area contributed by atoms with E-state index in [2.05, 4.69) is 10.3 Å². The summed E-state index contributed by atoms with van der Waals surface area (Å²) in [6, 6.07) is 9.94. The number of nitrogens with one attached hydrogen (secondary N) is 2. The largest absolute Gasteiger partial charge is 0.494 e. The standard InChI is InChI=1S/C20H21FN2O2/c1-11-12(2)22-18-7-5-15(9-16(11)18)20(24)23-13(3)14-6-8-19(25-4)17(21)10-14/h5-10,13,22H,1-4H3,(H,23,24). The zero-order valence-corrected chi connectivity index (χ0v) is 14.7. The molecule has 0 aliphatic carbocycles. The zero-order valence-electron chi connectivity index (χ0n) is 14.7. The Balaban J connectivity index is 1.81. The van der Waals surface area contributed by atoms with Gasteiger partial charge in [-0.25, -0.2) is 4.39 Å². The highest BCUT2D eigenvalue weighted by Gasteiger charge is 2.15. The van der Waals surface area contributed by atoms with Crippen LogP contribution in [0.3, 0.4) is 0 Å². The average molecular weight is 340 g/mol. The van der Waals surface area contributed by atoms with Crippen LogP contribution in [0.2, 0.25) is 0 Å². The molecule has 0 fully saturated rings. The van der Waals surface area contributed by atoms with Crippen LogP contribution >= 0.6 is 0 Å². The maximum Gasteiger partial charge on any atom is 0.251 e. The van der Waals surface area contributed by atoms with Gasteiger partial charge in [-0.15, -0.1) is 0 Å². The molecule has 3 rings (SSSR count). The zero-order chi connectivity index (χ0) is 18.1. The molecule has 5 heteroatoms. The predicted octanol–water partition coefficient (Wildman–Crippen LogP) is 4.42. The molecule has 1 heterocycles. The highest BCUT2D eigenvalue weighted by molar-refractivity contribution is 5.99. The van der Waals surface area contributed by atoms with Crippen LogP contribution in [0, 0.1) is 19.7 Å². The number of fused-ring (bicyclic) bond motifs is 1. The van der Waals surface area contributed by atoms with E-state index in [0.29, 0.717) is 11.1 Å². The normalized spacial score (nSPS) is 12.2. The molecular weight excluding hydrogens is 319 g/mol. The summed E-state index contributed by atoms with van der Waals surface area (Å²) >= 11 is 0. The van der Waals surface area contributed by atoms with Crippen molar-refractivity contribution in [3.63, 3.8) is 0 Å². The van der Waals surface area contributed by atoms with Crippen molar-refractivity contribution in [3.05, 3.63) is 64.6 Å². The number of amides is 1. The van der Waals surface area contributed by atoms with Crippen LogP contribution in [0.25, 0.3) is 10.9 Å². The van der Waals surface area contributed by atoms with Crippen molar-refractivity contribution in [1.82, 2.24) is 10.3 Å². The summed E-state index contributed by atoms with van der Waals surface area (Å²) in [7, 11) is 1.42. The summed E-state index contributed by atoms with van der Waals surface area (Å²) in [6.07, 6.45) is 0. The molecule has 0 bridgehead atoms. The van der Waals surface area contributed by atoms with Gasteiger partial charge in [-0.2, -0.15) is 0 Å². The molecule has 25 heavy (non-hydrogen) atoms. The lowest BCUT2D eigenvalue weighted by molar-refractivity contribution is 0.0940. The second-order valence-corrected chi connectivity index (χ2v) is 6.22. The number of carbonyl (C=O) groups excluding carboxylic acids is 1. The summed E-state index contributed by atoms with van der Waals surface area (Å²) in [5, 5.41) is 3.95. The first-order valence-electron chi connectivity index (χ1n) is 8.14. The molecule has 2 N–H and O–H groups in total. The van der Waals surface area contributed by atoms with Crippen molar-refractivity contribution in [2.75, 3.05) is 7.11 Å². The Hall–Kier alpha value is -2.82. The van der Waals surface area contributed by atoms with E-state index < -0.39 is 5.82 Å². The molecule has 2 aromatic carbocycles. The van der Waals surface area contributed by atoms with Gasteiger partial charge in [0.15, 0.2) is 11.6 Å². The van der Waals surface area contributed by atoms with Crippen molar-refractivity contribution in [2.24, 2.45) is 0 Å². The number of halogens is 1. The van der Waals surface area contributed by atoms with Gasteiger partial charge in [-0.05, 0) is 62.2 Å². The topological polar surface area (TPSA) is 54.1 Å². The van der Waals surface area contributed by atoms with Gasteiger partial charge in [0.1, 0.15) is 0 Å². The molecule has 3 aromatic rings. The van der Waals surface area contributed by atoms with Crippen LogP contribution in [0.1, 0.15) is 40.1 Å². The lowest BCUT2D eigenvalue weighted by Crippen LogP contribution is -2.26. The molecule has 0 aliphatic rings. The van der Waals surface area contributed by atoms with Crippen LogP contribution in [-0.4, -0.2) is 18.0 Å². The molecule has 0 spiro atoms. The van der Waals surface area contributed by atoms with E-state index >= 15 is 0 Å². The minimum absolute atomic E-state index is 0.186. The Morgan fingerprint density at radius 3 is 2.64 bits per heavy atom. The van der Waals surface area contributed by atoms with Gasteiger partial charge in [-0.3, -0.25) is 4.79 Å².